The van der Waals surface area contributed by atoms with E-state index in [-0.39, 0.29) is 31.1 Å². The van der Waals surface area contributed by atoms with Gasteiger partial charge in [-0.2, -0.15) is 0 Å². The number of allylic oxidation sites excluding steroid dienone is 14. The number of unbranched alkanes of at least 4 members (excludes halogenated alkanes) is 19. The summed E-state index contributed by atoms with van der Waals surface area (Å²) in [5.74, 6) is -0.935. The normalized spacial score (nSPS) is 12.8. The zero-order valence-electron chi connectivity index (χ0n) is 39.7. The van der Waals surface area contributed by atoms with Crippen molar-refractivity contribution in [3.05, 3.63) is 85.1 Å². The van der Waals surface area contributed by atoms with Crippen LogP contribution in [0.25, 0.3) is 0 Å². The highest BCUT2D eigenvalue weighted by atomic mass is 16.6. The van der Waals surface area contributed by atoms with Crippen LogP contribution in [-0.2, 0) is 28.6 Å². The van der Waals surface area contributed by atoms with E-state index >= 15 is 0 Å². The fourth-order valence-corrected chi connectivity index (χ4v) is 6.68. The third kappa shape index (κ3) is 47.5. The molecule has 0 aliphatic carbocycles. The molecule has 0 amide bonds. The first-order valence-electron chi connectivity index (χ1n) is 25.1. The van der Waals surface area contributed by atoms with Crippen molar-refractivity contribution < 1.29 is 28.6 Å². The van der Waals surface area contributed by atoms with E-state index in [1.54, 1.807) is 0 Å². The molecule has 348 valence electrons. The van der Waals surface area contributed by atoms with Crippen molar-refractivity contribution in [2.75, 3.05) is 13.2 Å². The summed E-state index contributed by atoms with van der Waals surface area (Å²) in [4.78, 5) is 37.9. The number of hydrogen-bond donors (Lipinski definition) is 0. The standard InChI is InChI=1S/C55H92O6/c1-4-7-10-13-16-19-22-24-26-27-29-30-33-36-39-42-45-48-54(57)60-51-52(50-59-53(56)47-44-41-38-35-32-21-18-15-12-9-6-3)61-55(58)49-46-43-40-37-34-31-28-25-23-20-17-14-11-8-5-2/h7-8,10-11,16-17,19-20,24-26,28-30,52H,4-6,9,12-15,18,21-23,27,31-51H2,1-3H3/b10-7-,11-8-,19-16-,20-17-,26-24-,28-25-,30-29-/t52-/m0/s1. The molecule has 0 aliphatic heterocycles. The smallest absolute Gasteiger partial charge is 0.306 e. The summed E-state index contributed by atoms with van der Waals surface area (Å²) < 4.78 is 16.7. The summed E-state index contributed by atoms with van der Waals surface area (Å²) in [7, 11) is 0. The van der Waals surface area contributed by atoms with Crippen molar-refractivity contribution in [3.63, 3.8) is 0 Å². The topological polar surface area (TPSA) is 78.9 Å². The molecule has 0 saturated carbocycles. The Morgan fingerprint density at radius 1 is 0.344 bits per heavy atom. The zero-order chi connectivity index (χ0) is 44.4. The molecule has 6 heteroatoms. The minimum Gasteiger partial charge on any atom is -0.462 e. The van der Waals surface area contributed by atoms with Gasteiger partial charge in [0.2, 0.25) is 0 Å². The Balaban J connectivity index is 4.45. The van der Waals surface area contributed by atoms with Gasteiger partial charge in [0.05, 0.1) is 0 Å². The lowest BCUT2D eigenvalue weighted by molar-refractivity contribution is -0.167. The summed E-state index contributed by atoms with van der Waals surface area (Å²) in [6, 6.07) is 0. The molecule has 0 N–H and O–H groups in total. The maximum atomic E-state index is 12.8. The first kappa shape index (κ1) is 57.6. The van der Waals surface area contributed by atoms with E-state index in [0.717, 1.165) is 135 Å². The molecule has 0 aliphatic rings. The summed E-state index contributed by atoms with van der Waals surface area (Å²) >= 11 is 0. The van der Waals surface area contributed by atoms with Gasteiger partial charge in [-0.1, -0.05) is 202 Å². The molecule has 0 fully saturated rings. The molecule has 0 spiro atoms. The van der Waals surface area contributed by atoms with E-state index in [0.29, 0.717) is 19.3 Å². The Morgan fingerprint density at radius 2 is 0.639 bits per heavy atom. The van der Waals surface area contributed by atoms with Crippen LogP contribution in [0, 0.1) is 0 Å². The number of carbonyl (C=O) groups excluding carboxylic acids is 3. The van der Waals surface area contributed by atoms with Crippen LogP contribution in [0.1, 0.15) is 226 Å². The van der Waals surface area contributed by atoms with Gasteiger partial charge in [-0.3, -0.25) is 14.4 Å². The minimum atomic E-state index is -0.793. The van der Waals surface area contributed by atoms with E-state index in [9.17, 15) is 14.4 Å². The minimum absolute atomic E-state index is 0.0909. The molecule has 0 aromatic heterocycles. The highest BCUT2D eigenvalue weighted by Gasteiger charge is 2.19. The Labute approximate surface area is 375 Å². The lowest BCUT2D eigenvalue weighted by Gasteiger charge is -2.18. The second-order valence-corrected chi connectivity index (χ2v) is 16.3. The van der Waals surface area contributed by atoms with Gasteiger partial charge < -0.3 is 14.2 Å². The van der Waals surface area contributed by atoms with E-state index in [2.05, 4.69) is 106 Å². The highest BCUT2D eigenvalue weighted by molar-refractivity contribution is 5.71. The first-order chi connectivity index (χ1) is 30.0. The van der Waals surface area contributed by atoms with Gasteiger partial charge in [-0.25, -0.2) is 0 Å². The van der Waals surface area contributed by atoms with Gasteiger partial charge in [0.1, 0.15) is 13.2 Å². The molecule has 0 radical (unpaired) electrons. The molecular weight excluding hydrogens is 757 g/mol. The van der Waals surface area contributed by atoms with Gasteiger partial charge in [-0.05, 0) is 89.9 Å². The fraction of sp³-hybridized carbons (Fsp3) is 0.691. The molecular formula is C55H92O6. The van der Waals surface area contributed by atoms with Crippen molar-refractivity contribution in [1.82, 2.24) is 0 Å². The predicted molar refractivity (Wildman–Crippen MR) is 261 cm³/mol. The lowest BCUT2D eigenvalue weighted by atomic mass is 10.1. The predicted octanol–water partition coefficient (Wildman–Crippen LogP) is 16.4. The van der Waals surface area contributed by atoms with Crippen LogP contribution >= 0.6 is 0 Å². The third-order valence-electron chi connectivity index (χ3n) is 10.4. The van der Waals surface area contributed by atoms with Crippen LogP contribution < -0.4 is 0 Å². The van der Waals surface area contributed by atoms with E-state index < -0.39 is 6.10 Å². The van der Waals surface area contributed by atoms with Gasteiger partial charge in [0, 0.05) is 19.3 Å². The van der Waals surface area contributed by atoms with E-state index in [1.165, 1.54) is 51.4 Å². The Hall–Kier alpha value is -3.41. The maximum absolute atomic E-state index is 12.8. The Morgan fingerprint density at radius 3 is 1.00 bits per heavy atom. The highest BCUT2D eigenvalue weighted by Crippen LogP contribution is 2.14. The number of esters is 3. The summed E-state index contributed by atoms with van der Waals surface area (Å²) in [6.07, 6.45) is 62.8. The second-order valence-electron chi connectivity index (χ2n) is 16.3. The van der Waals surface area contributed by atoms with Crippen LogP contribution in [0.5, 0.6) is 0 Å². The number of ether oxygens (including phenoxy) is 3. The third-order valence-corrected chi connectivity index (χ3v) is 10.4. The second kappa shape index (κ2) is 49.2. The van der Waals surface area contributed by atoms with Crippen molar-refractivity contribution in [3.8, 4) is 0 Å². The molecule has 0 aromatic carbocycles. The zero-order valence-corrected chi connectivity index (χ0v) is 39.7. The van der Waals surface area contributed by atoms with Crippen LogP contribution in [0.15, 0.2) is 85.1 Å². The summed E-state index contributed by atoms with van der Waals surface area (Å²) in [5, 5.41) is 0. The molecule has 0 bridgehead atoms. The van der Waals surface area contributed by atoms with Crippen molar-refractivity contribution >= 4 is 17.9 Å². The molecule has 61 heavy (non-hydrogen) atoms. The fourth-order valence-electron chi connectivity index (χ4n) is 6.68. The molecule has 0 unspecified atom stereocenters. The lowest BCUT2D eigenvalue weighted by Crippen LogP contribution is -2.30. The van der Waals surface area contributed by atoms with Gasteiger partial charge >= 0.3 is 17.9 Å². The van der Waals surface area contributed by atoms with Crippen LogP contribution in [0.2, 0.25) is 0 Å². The molecule has 6 nitrogen and oxygen atoms in total. The number of carbonyl (C=O) groups is 3. The average molecular weight is 849 g/mol. The molecule has 0 rings (SSSR count). The van der Waals surface area contributed by atoms with Gasteiger partial charge in [0.15, 0.2) is 6.10 Å². The average Bonchev–Trinajstić information content (AvgIpc) is 3.26. The summed E-state index contributed by atoms with van der Waals surface area (Å²) in [5.41, 5.74) is 0. The quantitative estimate of drug-likeness (QED) is 0.0263. The van der Waals surface area contributed by atoms with Crippen LogP contribution in [-0.4, -0.2) is 37.2 Å². The Bertz CT molecular complexity index is 1200. The molecule has 0 saturated heterocycles. The molecule has 0 aromatic rings. The number of rotatable bonds is 44. The van der Waals surface area contributed by atoms with Crippen LogP contribution in [0.3, 0.4) is 0 Å². The summed E-state index contributed by atoms with van der Waals surface area (Å²) in [6.45, 7) is 6.36. The SMILES string of the molecule is CC/C=C\C/C=C\C/C=C\C/C=C\CCCCCCC(=O)OC[C@H](COC(=O)CCCCCCCCCCCCC)OC(=O)CCCCCCC/C=C\C/C=C\C/C=C\CC. The number of hydrogen-bond acceptors (Lipinski definition) is 6. The van der Waals surface area contributed by atoms with Crippen molar-refractivity contribution in [2.24, 2.45) is 0 Å². The van der Waals surface area contributed by atoms with E-state index in [1.807, 2.05) is 0 Å². The van der Waals surface area contributed by atoms with Crippen LogP contribution in [0.4, 0.5) is 0 Å². The van der Waals surface area contributed by atoms with Crippen molar-refractivity contribution in [2.45, 2.75) is 232 Å². The largest absolute Gasteiger partial charge is 0.462 e. The van der Waals surface area contributed by atoms with Crippen molar-refractivity contribution in [1.29, 1.82) is 0 Å². The molecule has 0 heterocycles. The molecule has 1 atom stereocenters. The van der Waals surface area contributed by atoms with Gasteiger partial charge in [0.25, 0.3) is 0 Å². The van der Waals surface area contributed by atoms with Gasteiger partial charge in [-0.15, -0.1) is 0 Å². The van der Waals surface area contributed by atoms with E-state index in [4.69, 9.17) is 14.2 Å². The monoisotopic (exact) mass is 849 g/mol. The maximum Gasteiger partial charge on any atom is 0.306 e. The Kier molecular flexibility index (Phi) is 46.5. The first-order valence-corrected chi connectivity index (χ1v) is 25.1.